The molecule has 2 saturated carbocycles. The molecule has 2 unspecified atom stereocenters. The zero-order chi connectivity index (χ0) is 11.7. The van der Waals surface area contributed by atoms with Crippen molar-refractivity contribution in [3.05, 3.63) is 0 Å². The van der Waals surface area contributed by atoms with Crippen LogP contribution in [-0.2, 0) is 4.74 Å². The first-order valence-electron chi connectivity index (χ1n) is 7.74. The first kappa shape index (κ1) is 12.0. The number of rotatable bonds is 6. The van der Waals surface area contributed by atoms with Gasteiger partial charge >= 0.3 is 0 Å². The van der Waals surface area contributed by atoms with Crippen LogP contribution in [0.15, 0.2) is 0 Å². The molecular formula is C15H27NO. The van der Waals surface area contributed by atoms with Crippen LogP contribution >= 0.6 is 0 Å². The predicted molar refractivity (Wildman–Crippen MR) is 70.0 cm³/mol. The van der Waals surface area contributed by atoms with Crippen LogP contribution in [-0.4, -0.2) is 24.8 Å². The molecule has 17 heavy (non-hydrogen) atoms. The third-order valence-corrected chi connectivity index (χ3v) is 4.67. The molecule has 1 aliphatic heterocycles. The lowest BCUT2D eigenvalue weighted by Gasteiger charge is -2.33. The van der Waals surface area contributed by atoms with Crippen molar-refractivity contribution in [3.8, 4) is 0 Å². The van der Waals surface area contributed by atoms with Crippen molar-refractivity contribution in [1.29, 1.82) is 0 Å². The molecule has 3 rings (SSSR count). The van der Waals surface area contributed by atoms with Gasteiger partial charge in [-0.25, -0.2) is 0 Å². The Morgan fingerprint density at radius 3 is 2.41 bits per heavy atom. The molecule has 0 aromatic carbocycles. The SMILES string of the molecule is CCCC1CC(NC(C2CC2)C2CC2)CCO1. The van der Waals surface area contributed by atoms with Crippen molar-refractivity contribution >= 4 is 0 Å². The Hall–Kier alpha value is -0.0800. The predicted octanol–water partition coefficient (Wildman–Crippen LogP) is 3.11. The van der Waals surface area contributed by atoms with E-state index in [4.69, 9.17) is 4.74 Å². The zero-order valence-electron chi connectivity index (χ0n) is 11.2. The van der Waals surface area contributed by atoms with Crippen LogP contribution in [0, 0.1) is 11.8 Å². The minimum atomic E-state index is 0.533. The van der Waals surface area contributed by atoms with Gasteiger partial charge in [0.05, 0.1) is 6.10 Å². The summed E-state index contributed by atoms with van der Waals surface area (Å²) in [7, 11) is 0. The number of nitrogens with one attached hydrogen (secondary N) is 1. The molecule has 2 heteroatoms. The van der Waals surface area contributed by atoms with Crippen LogP contribution in [0.2, 0.25) is 0 Å². The summed E-state index contributed by atoms with van der Waals surface area (Å²) in [6.45, 7) is 3.24. The Bertz CT molecular complexity index is 233. The van der Waals surface area contributed by atoms with E-state index in [1.54, 1.807) is 0 Å². The number of ether oxygens (including phenoxy) is 1. The topological polar surface area (TPSA) is 21.3 Å². The Morgan fingerprint density at radius 1 is 1.12 bits per heavy atom. The molecule has 0 aromatic heterocycles. The molecule has 2 nitrogen and oxygen atoms in total. The molecule has 1 saturated heterocycles. The summed E-state index contributed by atoms with van der Waals surface area (Å²) in [6.07, 6.45) is 11.4. The third-order valence-electron chi connectivity index (χ3n) is 4.67. The maximum Gasteiger partial charge on any atom is 0.0589 e. The second-order valence-corrected chi connectivity index (χ2v) is 6.37. The van der Waals surface area contributed by atoms with E-state index in [2.05, 4.69) is 12.2 Å². The lowest BCUT2D eigenvalue weighted by Crippen LogP contribution is -2.46. The Kier molecular flexibility index (Phi) is 3.72. The molecule has 2 atom stereocenters. The first-order chi connectivity index (χ1) is 8.36. The molecule has 1 heterocycles. The van der Waals surface area contributed by atoms with Crippen LogP contribution in [0.3, 0.4) is 0 Å². The van der Waals surface area contributed by atoms with E-state index < -0.39 is 0 Å². The Labute approximate surface area is 105 Å². The van der Waals surface area contributed by atoms with Crippen molar-refractivity contribution in [3.63, 3.8) is 0 Å². The molecule has 0 bridgehead atoms. The fraction of sp³-hybridized carbons (Fsp3) is 1.00. The summed E-state index contributed by atoms with van der Waals surface area (Å²) >= 11 is 0. The van der Waals surface area contributed by atoms with Gasteiger partial charge in [-0.3, -0.25) is 0 Å². The highest BCUT2D eigenvalue weighted by molar-refractivity contribution is 4.98. The van der Waals surface area contributed by atoms with Crippen LogP contribution in [0.4, 0.5) is 0 Å². The third kappa shape index (κ3) is 3.23. The normalized spacial score (nSPS) is 34.2. The second kappa shape index (κ2) is 5.27. The van der Waals surface area contributed by atoms with Crippen molar-refractivity contribution in [1.82, 2.24) is 5.32 Å². The van der Waals surface area contributed by atoms with E-state index in [1.165, 1.54) is 51.4 Å². The van der Waals surface area contributed by atoms with Gasteiger partial charge in [0.15, 0.2) is 0 Å². The van der Waals surface area contributed by atoms with Gasteiger partial charge in [0.2, 0.25) is 0 Å². The average Bonchev–Trinajstić information content (AvgIpc) is 3.19. The second-order valence-electron chi connectivity index (χ2n) is 6.37. The quantitative estimate of drug-likeness (QED) is 0.766. The highest BCUT2D eigenvalue weighted by Crippen LogP contribution is 2.45. The molecule has 3 aliphatic rings. The van der Waals surface area contributed by atoms with E-state index in [0.29, 0.717) is 6.10 Å². The minimum Gasteiger partial charge on any atom is -0.378 e. The summed E-state index contributed by atoms with van der Waals surface area (Å²) in [5.74, 6) is 2.05. The molecule has 0 aromatic rings. The maximum atomic E-state index is 5.84. The van der Waals surface area contributed by atoms with Gasteiger partial charge in [-0.1, -0.05) is 13.3 Å². The van der Waals surface area contributed by atoms with E-state index in [9.17, 15) is 0 Å². The van der Waals surface area contributed by atoms with Crippen LogP contribution in [0.25, 0.3) is 0 Å². The molecule has 3 fully saturated rings. The molecular weight excluding hydrogens is 210 g/mol. The summed E-state index contributed by atoms with van der Waals surface area (Å²) in [5.41, 5.74) is 0. The fourth-order valence-corrected chi connectivity index (χ4v) is 3.39. The van der Waals surface area contributed by atoms with Gasteiger partial charge in [-0.15, -0.1) is 0 Å². The lowest BCUT2D eigenvalue weighted by molar-refractivity contribution is -0.00597. The summed E-state index contributed by atoms with van der Waals surface area (Å²) < 4.78 is 5.84. The molecule has 0 amide bonds. The van der Waals surface area contributed by atoms with Crippen LogP contribution in [0.1, 0.15) is 58.3 Å². The monoisotopic (exact) mass is 237 g/mol. The number of hydrogen-bond donors (Lipinski definition) is 1. The molecule has 0 spiro atoms. The molecule has 2 aliphatic carbocycles. The molecule has 1 N–H and O–H groups in total. The standard InChI is InChI=1S/C15H27NO/c1-2-3-14-10-13(8-9-17-14)16-15(11-4-5-11)12-6-7-12/h11-16H,2-10H2,1H3. The largest absolute Gasteiger partial charge is 0.378 e. The smallest absolute Gasteiger partial charge is 0.0589 e. The van der Waals surface area contributed by atoms with E-state index in [-0.39, 0.29) is 0 Å². The first-order valence-corrected chi connectivity index (χ1v) is 7.74. The van der Waals surface area contributed by atoms with Crippen LogP contribution < -0.4 is 5.32 Å². The van der Waals surface area contributed by atoms with E-state index >= 15 is 0 Å². The van der Waals surface area contributed by atoms with Crippen molar-refractivity contribution in [2.24, 2.45) is 11.8 Å². The Balaban J connectivity index is 1.49. The van der Waals surface area contributed by atoms with Gasteiger partial charge in [0, 0.05) is 18.7 Å². The zero-order valence-corrected chi connectivity index (χ0v) is 11.2. The van der Waals surface area contributed by atoms with Gasteiger partial charge in [0.25, 0.3) is 0 Å². The summed E-state index contributed by atoms with van der Waals surface area (Å²) in [4.78, 5) is 0. The van der Waals surface area contributed by atoms with E-state index in [0.717, 1.165) is 30.5 Å². The summed E-state index contributed by atoms with van der Waals surface area (Å²) in [6, 6.07) is 1.60. The van der Waals surface area contributed by atoms with Gasteiger partial charge < -0.3 is 10.1 Å². The van der Waals surface area contributed by atoms with Crippen molar-refractivity contribution in [2.75, 3.05) is 6.61 Å². The maximum absolute atomic E-state index is 5.84. The summed E-state index contributed by atoms with van der Waals surface area (Å²) in [5, 5.41) is 3.99. The minimum absolute atomic E-state index is 0.533. The van der Waals surface area contributed by atoms with Crippen molar-refractivity contribution in [2.45, 2.75) is 76.5 Å². The van der Waals surface area contributed by atoms with Crippen LogP contribution in [0.5, 0.6) is 0 Å². The Morgan fingerprint density at radius 2 is 1.82 bits per heavy atom. The fourth-order valence-electron chi connectivity index (χ4n) is 3.39. The lowest BCUT2D eigenvalue weighted by atomic mass is 9.97. The van der Waals surface area contributed by atoms with Crippen molar-refractivity contribution < 1.29 is 4.74 Å². The van der Waals surface area contributed by atoms with Gasteiger partial charge in [0.1, 0.15) is 0 Å². The molecule has 98 valence electrons. The average molecular weight is 237 g/mol. The van der Waals surface area contributed by atoms with Gasteiger partial charge in [-0.05, 0) is 56.8 Å². The van der Waals surface area contributed by atoms with Gasteiger partial charge in [-0.2, -0.15) is 0 Å². The van der Waals surface area contributed by atoms with E-state index in [1.807, 2.05) is 0 Å². The number of hydrogen-bond acceptors (Lipinski definition) is 2. The molecule has 0 radical (unpaired) electrons. The highest BCUT2D eigenvalue weighted by atomic mass is 16.5. The highest BCUT2D eigenvalue weighted by Gasteiger charge is 2.42.